The van der Waals surface area contributed by atoms with Crippen LogP contribution in [-0.4, -0.2) is 0 Å². The molecule has 0 saturated carbocycles. The highest BCUT2D eigenvalue weighted by Crippen LogP contribution is 2.40. The van der Waals surface area contributed by atoms with Gasteiger partial charge in [-0.05, 0) is 56.1 Å². The highest BCUT2D eigenvalue weighted by Gasteiger charge is 2.11. The topological polar surface area (TPSA) is 0 Å². The smallest absolute Gasteiger partial charge is 0.0520 e. The molecule has 0 aliphatic heterocycles. The Morgan fingerprint density at radius 1 is 0.583 bits per heavy atom. The fourth-order valence-corrected chi connectivity index (χ4v) is 5.12. The quantitative estimate of drug-likeness (QED) is 0.292. The fraction of sp³-hybridized carbons (Fsp3) is 0. The van der Waals surface area contributed by atoms with Gasteiger partial charge in [-0.25, -0.2) is 0 Å². The van der Waals surface area contributed by atoms with Crippen LogP contribution >= 0.6 is 22.7 Å². The molecule has 0 radical (unpaired) electrons. The Bertz CT molecular complexity index is 1150. The van der Waals surface area contributed by atoms with Crippen molar-refractivity contribution in [2.45, 2.75) is 0 Å². The molecule has 5 aromatic rings. The van der Waals surface area contributed by atoms with Gasteiger partial charge in [0.15, 0.2) is 0 Å². The lowest BCUT2D eigenvalue weighted by Gasteiger charge is -2.07. The summed E-state index contributed by atoms with van der Waals surface area (Å²) in [7, 11) is 0. The first-order chi connectivity index (χ1) is 11.9. The number of hydrogen-bond acceptors (Lipinski definition) is 2. The molecule has 0 N–H and O–H groups in total. The summed E-state index contributed by atoms with van der Waals surface area (Å²) < 4.78 is 0. The third-order valence-electron chi connectivity index (χ3n) is 4.47. The van der Waals surface area contributed by atoms with Crippen molar-refractivity contribution in [1.82, 2.24) is 0 Å². The first-order valence-electron chi connectivity index (χ1n) is 7.93. The van der Waals surface area contributed by atoms with Crippen molar-refractivity contribution in [3.8, 4) is 20.9 Å². The average Bonchev–Trinajstić information content (AvgIpc) is 3.32. The van der Waals surface area contributed by atoms with Gasteiger partial charge in [-0.15, -0.1) is 22.7 Å². The van der Waals surface area contributed by atoms with Crippen molar-refractivity contribution >= 4 is 44.2 Å². The van der Waals surface area contributed by atoms with Crippen LogP contribution in [0.15, 0.2) is 83.6 Å². The van der Waals surface area contributed by atoms with Crippen LogP contribution < -0.4 is 0 Å². The summed E-state index contributed by atoms with van der Waals surface area (Å²) in [4.78, 5) is 2.71. The number of hydrogen-bond donors (Lipinski definition) is 0. The second-order valence-electron chi connectivity index (χ2n) is 5.86. The van der Waals surface area contributed by atoms with Gasteiger partial charge in [0, 0.05) is 10.4 Å². The van der Waals surface area contributed by atoms with Gasteiger partial charge in [-0.2, -0.15) is 0 Å². The van der Waals surface area contributed by atoms with Crippen molar-refractivity contribution in [3.05, 3.63) is 83.6 Å². The van der Waals surface area contributed by atoms with Crippen LogP contribution in [0.25, 0.3) is 42.4 Å². The molecule has 0 unspecified atom stereocenters. The van der Waals surface area contributed by atoms with Crippen LogP contribution in [0.1, 0.15) is 0 Å². The molecule has 0 atom stereocenters. The minimum absolute atomic E-state index is 1.29. The van der Waals surface area contributed by atoms with Crippen LogP contribution in [0.3, 0.4) is 0 Å². The number of thiophene rings is 2. The van der Waals surface area contributed by atoms with Crippen molar-refractivity contribution < 1.29 is 0 Å². The summed E-state index contributed by atoms with van der Waals surface area (Å²) in [5.74, 6) is 0. The van der Waals surface area contributed by atoms with Crippen molar-refractivity contribution in [2.75, 3.05) is 0 Å². The molecule has 0 nitrogen and oxygen atoms in total. The number of rotatable bonds is 2. The van der Waals surface area contributed by atoms with Gasteiger partial charge >= 0.3 is 0 Å². The van der Waals surface area contributed by atoms with Gasteiger partial charge in [0.25, 0.3) is 0 Å². The zero-order chi connectivity index (χ0) is 15.9. The summed E-state index contributed by atoms with van der Waals surface area (Å²) in [6.07, 6.45) is 0. The molecule has 5 rings (SSSR count). The van der Waals surface area contributed by atoms with Gasteiger partial charge in [0.05, 0.1) is 4.88 Å². The van der Waals surface area contributed by atoms with Crippen LogP contribution in [0.4, 0.5) is 0 Å². The molecule has 2 aromatic heterocycles. The number of fused-ring (bicyclic) bond motifs is 3. The van der Waals surface area contributed by atoms with E-state index in [0.717, 1.165) is 0 Å². The van der Waals surface area contributed by atoms with Gasteiger partial charge in [0.1, 0.15) is 0 Å². The second-order valence-corrected chi connectivity index (χ2v) is 7.73. The molecule has 2 heterocycles. The van der Waals surface area contributed by atoms with E-state index in [9.17, 15) is 0 Å². The first kappa shape index (κ1) is 14.0. The minimum atomic E-state index is 1.29. The van der Waals surface area contributed by atoms with Crippen LogP contribution in [-0.2, 0) is 0 Å². The van der Waals surface area contributed by atoms with E-state index in [4.69, 9.17) is 0 Å². The summed E-state index contributed by atoms with van der Waals surface area (Å²) >= 11 is 3.63. The largest absolute Gasteiger partial charge is 0.143 e. The van der Waals surface area contributed by atoms with E-state index in [2.05, 4.69) is 83.6 Å². The number of benzene rings is 3. The lowest BCUT2D eigenvalue weighted by Crippen LogP contribution is -1.81. The Hall–Kier alpha value is -2.42. The molecule has 0 saturated heterocycles. The minimum Gasteiger partial charge on any atom is -0.143 e. The summed E-state index contributed by atoms with van der Waals surface area (Å²) in [6, 6.07) is 26.5. The Morgan fingerprint density at radius 3 is 2.38 bits per heavy atom. The van der Waals surface area contributed by atoms with Crippen molar-refractivity contribution in [2.24, 2.45) is 0 Å². The summed E-state index contributed by atoms with van der Waals surface area (Å²) in [5.41, 5.74) is 2.62. The lowest BCUT2D eigenvalue weighted by molar-refractivity contribution is 1.72. The van der Waals surface area contributed by atoms with Gasteiger partial charge in [-0.1, -0.05) is 54.6 Å². The van der Waals surface area contributed by atoms with E-state index in [1.54, 1.807) is 11.3 Å². The maximum Gasteiger partial charge on any atom is 0.0520 e. The standard InChI is InChI=1S/C22H14S2/c1-2-5-18-15(4-1)7-8-16-14-17(9-10-19(16)18)20-11-13-24-22(20)21-6-3-12-23-21/h1-14H. The Labute approximate surface area is 148 Å². The van der Waals surface area contributed by atoms with Gasteiger partial charge in [0.2, 0.25) is 0 Å². The van der Waals surface area contributed by atoms with E-state index in [0.29, 0.717) is 0 Å². The highest BCUT2D eigenvalue weighted by atomic mass is 32.1. The maximum absolute atomic E-state index is 2.32. The molecular weight excluding hydrogens is 328 g/mol. The Kier molecular flexibility index (Phi) is 3.25. The third-order valence-corrected chi connectivity index (χ3v) is 6.43. The van der Waals surface area contributed by atoms with Gasteiger partial charge < -0.3 is 0 Å². The first-order valence-corrected chi connectivity index (χ1v) is 9.69. The maximum atomic E-state index is 2.32. The third kappa shape index (κ3) is 2.19. The molecule has 0 aliphatic carbocycles. The zero-order valence-corrected chi connectivity index (χ0v) is 14.5. The average molecular weight is 342 g/mol. The zero-order valence-electron chi connectivity index (χ0n) is 12.9. The van der Waals surface area contributed by atoms with Crippen molar-refractivity contribution in [3.63, 3.8) is 0 Å². The Morgan fingerprint density at radius 2 is 1.46 bits per heavy atom. The molecule has 24 heavy (non-hydrogen) atoms. The molecule has 114 valence electrons. The van der Waals surface area contributed by atoms with Crippen LogP contribution in [0.2, 0.25) is 0 Å². The normalized spacial score (nSPS) is 11.3. The molecule has 0 spiro atoms. The Balaban J connectivity index is 1.72. The van der Waals surface area contributed by atoms with E-state index < -0.39 is 0 Å². The molecule has 3 aromatic carbocycles. The van der Waals surface area contributed by atoms with E-state index in [-0.39, 0.29) is 0 Å². The van der Waals surface area contributed by atoms with Gasteiger partial charge in [-0.3, -0.25) is 0 Å². The monoisotopic (exact) mass is 342 g/mol. The lowest BCUT2D eigenvalue weighted by atomic mass is 9.97. The molecule has 0 fully saturated rings. The second kappa shape index (κ2) is 5.59. The van der Waals surface area contributed by atoms with Crippen molar-refractivity contribution in [1.29, 1.82) is 0 Å². The summed E-state index contributed by atoms with van der Waals surface area (Å²) in [6.45, 7) is 0. The molecule has 0 aliphatic rings. The van der Waals surface area contributed by atoms with Crippen LogP contribution in [0, 0.1) is 0 Å². The molecular formula is C22H14S2. The highest BCUT2D eigenvalue weighted by molar-refractivity contribution is 7.20. The van der Waals surface area contributed by atoms with Crippen LogP contribution in [0.5, 0.6) is 0 Å². The van der Waals surface area contributed by atoms with E-state index in [1.807, 2.05) is 11.3 Å². The van der Waals surface area contributed by atoms with E-state index in [1.165, 1.54) is 42.4 Å². The van der Waals surface area contributed by atoms with E-state index >= 15 is 0 Å². The SMILES string of the molecule is c1csc(-c2sccc2-c2ccc3c(ccc4ccccc43)c2)c1. The fourth-order valence-electron chi connectivity index (χ4n) is 3.32. The predicted octanol–water partition coefficient (Wildman–Crippen LogP) is 7.45. The molecule has 0 amide bonds. The molecule has 0 bridgehead atoms. The summed E-state index contributed by atoms with van der Waals surface area (Å²) in [5, 5.41) is 9.58. The predicted molar refractivity (Wildman–Crippen MR) is 108 cm³/mol. The molecule has 2 heteroatoms.